The molecule has 1 aromatic heterocycles. The van der Waals surface area contributed by atoms with Gasteiger partial charge in [0, 0.05) is 29.4 Å². The Kier molecular flexibility index (Phi) is 6.44. The standard InChI is InChI=1S/C20H25F3N2O2S/c1-2-7-19(13-26)8-9-25(11-17(19)27)10-16-12-28-18(24-16)14-3-5-15(6-4-14)20(21,22)23/h3-6,12,17,26-27H,2,7-11,13H2,1H3/t17-,19-/m1/s1. The van der Waals surface area contributed by atoms with Gasteiger partial charge in [-0.05, 0) is 31.5 Å². The Labute approximate surface area is 166 Å². The molecule has 2 heterocycles. The van der Waals surface area contributed by atoms with Gasteiger partial charge in [0.1, 0.15) is 5.01 Å². The van der Waals surface area contributed by atoms with Crippen molar-refractivity contribution in [3.63, 3.8) is 0 Å². The van der Waals surface area contributed by atoms with E-state index < -0.39 is 23.3 Å². The molecule has 0 bridgehead atoms. The number of thiazole rings is 1. The fourth-order valence-corrected chi connectivity index (χ4v) is 4.63. The molecule has 2 aromatic rings. The first-order valence-corrected chi connectivity index (χ1v) is 10.3. The molecule has 8 heteroatoms. The monoisotopic (exact) mass is 414 g/mol. The minimum Gasteiger partial charge on any atom is -0.396 e. The first-order valence-electron chi connectivity index (χ1n) is 9.41. The molecule has 3 rings (SSSR count). The Balaban J connectivity index is 1.64. The number of rotatable bonds is 6. The molecular weight excluding hydrogens is 389 g/mol. The fraction of sp³-hybridized carbons (Fsp3) is 0.550. The van der Waals surface area contributed by atoms with E-state index in [4.69, 9.17) is 0 Å². The number of aliphatic hydroxyl groups is 2. The van der Waals surface area contributed by atoms with Crippen LogP contribution in [0.15, 0.2) is 29.6 Å². The summed E-state index contributed by atoms with van der Waals surface area (Å²) in [6.07, 6.45) is -2.48. The molecular formula is C20H25F3N2O2S. The third-order valence-electron chi connectivity index (χ3n) is 5.52. The van der Waals surface area contributed by atoms with Crippen molar-refractivity contribution in [1.82, 2.24) is 9.88 Å². The number of piperidine rings is 1. The van der Waals surface area contributed by atoms with Crippen LogP contribution in [-0.2, 0) is 12.7 Å². The third-order valence-corrected chi connectivity index (χ3v) is 6.46. The van der Waals surface area contributed by atoms with E-state index in [1.54, 1.807) is 0 Å². The van der Waals surface area contributed by atoms with Crippen LogP contribution >= 0.6 is 11.3 Å². The maximum Gasteiger partial charge on any atom is 0.416 e. The topological polar surface area (TPSA) is 56.6 Å². The van der Waals surface area contributed by atoms with Crippen molar-refractivity contribution in [2.45, 2.75) is 45.0 Å². The maximum absolute atomic E-state index is 12.7. The minimum atomic E-state index is -4.34. The highest BCUT2D eigenvalue weighted by Gasteiger charge is 2.41. The van der Waals surface area contributed by atoms with Gasteiger partial charge >= 0.3 is 6.18 Å². The second kappa shape index (κ2) is 8.49. The van der Waals surface area contributed by atoms with Crippen molar-refractivity contribution in [2.75, 3.05) is 19.7 Å². The summed E-state index contributed by atoms with van der Waals surface area (Å²) < 4.78 is 38.1. The predicted molar refractivity (Wildman–Crippen MR) is 103 cm³/mol. The molecule has 0 spiro atoms. The van der Waals surface area contributed by atoms with Crippen molar-refractivity contribution in [3.05, 3.63) is 40.9 Å². The molecule has 0 amide bonds. The maximum atomic E-state index is 12.7. The first kappa shape index (κ1) is 21.2. The smallest absolute Gasteiger partial charge is 0.396 e. The molecule has 1 aliphatic rings. The Hall–Kier alpha value is -1.48. The van der Waals surface area contributed by atoms with E-state index in [1.807, 2.05) is 5.38 Å². The summed E-state index contributed by atoms with van der Waals surface area (Å²) in [5.41, 5.74) is 0.401. The summed E-state index contributed by atoms with van der Waals surface area (Å²) in [7, 11) is 0. The van der Waals surface area contributed by atoms with Gasteiger partial charge in [-0.1, -0.05) is 25.5 Å². The number of halogens is 3. The zero-order valence-corrected chi connectivity index (χ0v) is 16.6. The number of nitrogens with zero attached hydrogens (tertiary/aromatic N) is 2. The van der Waals surface area contributed by atoms with Crippen LogP contribution in [0.1, 0.15) is 37.4 Å². The van der Waals surface area contributed by atoms with Crippen LogP contribution in [0.5, 0.6) is 0 Å². The van der Waals surface area contributed by atoms with Crippen LogP contribution in [0.3, 0.4) is 0 Å². The van der Waals surface area contributed by atoms with Gasteiger partial charge in [-0.15, -0.1) is 11.3 Å². The van der Waals surface area contributed by atoms with E-state index in [2.05, 4.69) is 16.8 Å². The first-order chi connectivity index (χ1) is 13.3. The Morgan fingerprint density at radius 1 is 1.29 bits per heavy atom. The number of aliphatic hydroxyl groups excluding tert-OH is 2. The largest absolute Gasteiger partial charge is 0.416 e. The van der Waals surface area contributed by atoms with Crippen LogP contribution in [0.25, 0.3) is 10.6 Å². The number of alkyl halides is 3. The zero-order chi connectivity index (χ0) is 20.4. The molecule has 0 radical (unpaired) electrons. The highest BCUT2D eigenvalue weighted by atomic mass is 32.1. The van der Waals surface area contributed by atoms with Crippen LogP contribution in [0.4, 0.5) is 13.2 Å². The summed E-state index contributed by atoms with van der Waals surface area (Å²) in [5, 5.41) is 22.9. The molecule has 4 nitrogen and oxygen atoms in total. The van der Waals surface area contributed by atoms with Gasteiger partial charge in [-0.2, -0.15) is 13.2 Å². The predicted octanol–water partition coefficient (Wildman–Crippen LogP) is 4.17. The molecule has 1 aliphatic heterocycles. The summed E-state index contributed by atoms with van der Waals surface area (Å²) in [5.74, 6) is 0. The summed E-state index contributed by atoms with van der Waals surface area (Å²) in [6, 6.07) is 5.02. The van der Waals surface area contributed by atoms with Gasteiger partial charge in [0.15, 0.2) is 0 Å². The molecule has 1 fully saturated rings. The van der Waals surface area contributed by atoms with Gasteiger partial charge in [0.25, 0.3) is 0 Å². The van der Waals surface area contributed by atoms with Crippen molar-refractivity contribution in [3.8, 4) is 10.6 Å². The Bertz CT molecular complexity index is 779. The average molecular weight is 414 g/mol. The third kappa shape index (κ3) is 4.56. The molecule has 2 atom stereocenters. The number of β-amino-alcohol motifs (C(OH)–C–C–N with tert-alkyl or cyclic N) is 1. The SMILES string of the molecule is CCC[C@]1(CO)CCN(Cc2csc(-c3ccc(C(F)(F)F)cc3)n2)C[C@H]1O. The van der Waals surface area contributed by atoms with E-state index in [-0.39, 0.29) is 6.61 Å². The van der Waals surface area contributed by atoms with E-state index in [0.717, 1.165) is 43.6 Å². The summed E-state index contributed by atoms with van der Waals surface area (Å²) >= 11 is 1.40. The minimum absolute atomic E-state index is 0.00931. The van der Waals surface area contributed by atoms with E-state index in [0.29, 0.717) is 23.7 Å². The Morgan fingerprint density at radius 3 is 2.57 bits per heavy atom. The molecule has 2 N–H and O–H groups in total. The van der Waals surface area contributed by atoms with E-state index >= 15 is 0 Å². The number of hydrogen-bond acceptors (Lipinski definition) is 5. The lowest BCUT2D eigenvalue weighted by Gasteiger charge is -2.44. The van der Waals surface area contributed by atoms with Crippen molar-refractivity contribution >= 4 is 11.3 Å². The molecule has 28 heavy (non-hydrogen) atoms. The van der Waals surface area contributed by atoms with Gasteiger partial charge in [-0.3, -0.25) is 4.90 Å². The molecule has 0 saturated carbocycles. The van der Waals surface area contributed by atoms with Gasteiger partial charge in [0.2, 0.25) is 0 Å². The molecule has 154 valence electrons. The lowest BCUT2D eigenvalue weighted by atomic mass is 9.73. The van der Waals surface area contributed by atoms with Crippen molar-refractivity contribution < 1.29 is 23.4 Å². The van der Waals surface area contributed by atoms with Gasteiger partial charge in [-0.25, -0.2) is 4.98 Å². The van der Waals surface area contributed by atoms with Crippen LogP contribution in [-0.4, -0.2) is 45.9 Å². The molecule has 0 aliphatic carbocycles. The quantitative estimate of drug-likeness (QED) is 0.745. The fourth-order valence-electron chi connectivity index (χ4n) is 3.82. The summed E-state index contributed by atoms with van der Waals surface area (Å²) in [4.78, 5) is 6.66. The highest BCUT2D eigenvalue weighted by molar-refractivity contribution is 7.13. The Morgan fingerprint density at radius 2 is 2.00 bits per heavy atom. The molecule has 1 saturated heterocycles. The second-order valence-corrected chi connectivity index (χ2v) is 8.35. The molecule has 0 unspecified atom stereocenters. The highest BCUT2D eigenvalue weighted by Crippen LogP contribution is 2.37. The van der Waals surface area contributed by atoms with Crippen LogP contribution in [0, 0.1) is 5.41 Å². The lowest BCUT2D eigenvalue weighted by molar-refractivity contribution is -0.137. The lowest BCUT2D eigenvalue weighted by Crippen LogP contribution is -2.52. The van der Waals surface area contributed by atoms with E-state index in [9.17, 15) is 23.4 Å². The number of hydrogen-bond donors (Lipinski definition) is 2. The number of benzene rings is 1. The number of likely N-dealkylation sites (tertiary alicyclic amines) is 1. The zero-order valence-electron chi connectivity index (χ0n) is 15.7. The van der Waals surface area contributed by atoms with Crippen molar-refractivity contribution in [1.29, 1.82) is 0 Å². The average Bonchev–Trinajstić information content (AvgIpc) is 3.12. The summed E-state index contributed by atoms with van der Waals surface area (Å²) in [6.45, 7) is 3.86. The van der Waals surface area contributed by atoms with Crippen molar-refractivity contribution in [2.24, 2.45) is 5.41 Å². The normalized spacial score (nSPS) is 23.9. The van der Waals surface area contributed by atoms with Gasteiger partial charge in [0.05, 0.1) is 24.0 Å². The molecule has 1 aromatic carbocycles. The number of aromatic nitrogens is 1. The van der Waals surface area contributed by atoms with Gasteiger partial charge < -0.3 is 10.2 Å². The van der Waals surface area contributed by atoms with Crippen LogP contribution in [0.2, 0.25) is 0 Å². The van der Waals surface area contributed by atoms with Crippen LogP contribution < -0.4 is 0 Å². The second-order valence-electron chi connectivity index (χ2n) is 7.49. The van der Waals surface area contributed by atoms with E-state index in [1.165, 1.54) is 23.5 Å².